The molecule has 0 fully saturated rings. The minimum Gasteiger partial charge on any atom is -0.314 e. The van der Waals surface area contributed by atoms with Crippen molar-refractivity contribution in [3.05, 3.63) is 0 Å². The van der Waals surface area contributed by atoms with Gasteiger partial charge in [0.05, 0.1) is 0 Å². The Morgan fingerprint density at radius 2 is 1.86 bits per heavy atom. The number of rotatable bonds is 2. The summed E-state index contributed by atoms with van der Waals surface area (Å²) in [6.45, 7) is 3.35. The second-order valence-electron chi connectivity index (χ2n) is 1.75. The highest BCUT2D eigenvalue weighted by Crippen LogP contribution is 1.93. The molecule has 0 amide bonds. The molecule has 0 rings (SSSR count). The topological polar surface area (TPSA) is 12.0 Å². The van der Waals surface area contributed by atoms with Crippen molar-refractivity contribution in [2.45, 2.75) is 26.1 Å². The third-order valence-electron chi connectivity index (χ3n) is 1.14. The molecule has 0 saturated carbocycles. The quantitative estimate of drug-likeness (QED) is 0.551. The smallest absolute Gasteiger partial charge is 0.112 e. The molecule has 0 aliphatic heterocycles. The molecule has 0 saturated heterocycles. The van der Waals surface area contributed by atoms with Crippen LogP contribution < -0.4 is 5.32 Å². The second kappa shape index (κ2) is 2.97. The lowest BCUT2D eigenvalue weighted by Gasteiger charge is -2.09. The predicted molar refractivity (Wildman–Crippen MR) is 29.1 cm³/mol. The lowest BCUT2D eigenvalue weighted by molar-refractivity contribution is 0.292. The van der Waals surface area contributed by atoms with Gasteiger partial charge in [-0.15, -0.1) is 0 Å². The molecule has 2 heteroatoms. The first-order valence-corrected chi connectivity index (χ1v) is 2.49. The number of nitrogens with one attached hydrogen (secondary N) is 1. The maximum atomic E-state index is 12.0. The molecule has 1 unspecified atom stereocenters. The Bertz CT molecular complexity index is 45.3. The molecule has 0 aromatic heterocycles. The van der Waals surface area contributed by atoms with Crippen LogP contribution >= 0.6 is 0 Å². The van der Waals surface area contributed by atoms with E-state index in [1.54, 1.807) is 14.0 Å². The summed E-state index contributed by atoms with van der Waals surface area (Å²) in [5, 5.41) is 2.79. The maximum Gasteiger partial charge on any atom is 0.112 e. The molecule has 0 aliphatic rings. The van der Waals surface area contributed by atoms with Crippen LogP contribution in [0, 0.1) is 0 Å². The van der Waals surface area contributed by atoms with Gasteiger partial charge < -0.3 is 5.32 Å². The van der Waals surface area contributed by atoms with Crippen LogP contribution in [-0.2, 0) is 0 Å². The van der Waals surface area contributed by atoms with E-state index in [4.69, 9.17) is 0 Å². The summed E-state index contributed by atoms with van der Waals surface area (Å²) in [6.07, 6.45) is -0.745. The molecule has 44 valence electrons. The van der Waals surface area contributed by atoms with Crippen LogP contribution in [0.15, 0.2) is 0 Å². The van der Waals surface area contributed by atoms with Gasteiger partial charge in [-0.25, -0.2) is 4.39 Å². The van der Waals surface area contributed by atoms with Gasteiger partial charge in [0.2, 0.25) is 0 Å². The van der Waals surface area contributed by atoms with Gasteiger partial charge in [0.25, 0.3) is 0 Å². The van der Waals surface area contributed by atoms with Crippen LogP contribution in [0.2, 0.25) is 0 Å². The summed E-state index contributed by atoms with van der Waals surface area (Å²) < 4.78 is 12.0. The summed E-state index contributed by atoms with van der Waals surface area (Å²) in [7, 11) is 1.75. The standard InChI is InChI=1S/C5H12FN/c1-4(6)5(2)7-3/h4-5,7H,1-3H3/t4-,5?/m0/s1. The van der Waals surface area contributed by atoms with Gasteiger partial charge in [-0.3, -0.25) is 0 Å². The first-order chi connectivity index (χ1) is 3.18. The van der Waals surface area contributed by atoms with Crippen molar-refractivity contribution in [1.82, 2.24) is 5.32 Å². The number of alkyl halides is 1. The number of hydrogen-bond acceptors (Lipinski definition) is 1. The van der Waals surface area contributed by atoms with Gasteiger partial charge in [0.15, 0.2) is 0 Å². The Labute approximate surface area is 43.9 Å². The van der Waals surface area contributed by atoms with Crippen LogP contribution in [-0.4, -0.2) is 19.3 Å². The lowest BCUT2D eigenvalue weighted by atomic mass is 10.2. The first-order valence-electron chi connectivity index (χ1n) is 2.49. The Morgan fingerprint density at radius 1 is 1.43 bits per heavy atom. The van der Waals surface area contributed by atoms with Crippen LogP contribution in [0.4, 0.5) is 4.39 Å². The minimum absolute atomic E-state index is 0.0139. The monoisotopic (exact) mass is 105 g/mol. The maximum absolute atomic E-state index is 12.0. The second-order valence-corrected chi connectivity index (χ2v) is 1.75. The average molecular weight is 105 g/mol. The summed E-state index contributed by atoms with van der Waals surface area (Å²) in [5.41, 5.74) is 0. The fourth-order valence-corrected chi connectivity index (χ4v) is 0.230. The Kier molecular flexibility index (Phi) is 2.92. The first kappa shape index (κ1) is 6.89. The van der Waals surface area contributed by atoms with E-state index >= 15 is 0 Å². The van der Waals surface area contributed by atoms with Gasteiger partial charge >= 0.3 is 0 Å². The van der Waals surface area contributed by atoms with Crippen molar-refractivity contribution in [2.24, 2.45) is 0 Å². The summed E-state index contributed by atoms with van der Waals surface area (Å²) in [4.78, 5) is 0. The molecule has 2 atom stereocenters. The van der Waals surface area contributed by atoms with Crippen molar-refractivity contribution in [1.29, 1.82) is 0 Å². The van der Waals surface area contributed by atoms with E-state index in [-0.39, 0.29) is 6.04 Å². The molecule has 0 heterocycles. The average Bonchev–Trinajstić information content (AvgIpc) is 1.65. The zero-order valence-electron chi connectivity index (χ0n) is 5.03. The molecule has 1 N–H and O–H groups in total. The SMILES string of the molecule is CNC(C)[C@H](C)F. The number of hydrogen-bond donors (Lipinski definition) is 1. The van der Waals surface area contributed by atoms with Gasteiger partial charge in [0, 0.05) is 6.04 Å². The highest BCUT2D eigenvalue weighted by Gasteiger charge is 2.04. The molecule has 0 radical (unpaired) electrons. The van der Waals surface area contributed by atoms with Crippen molar-refractivity contribution >= 4 is 0 Å². The van der Waals surface area contributed by atoms with Gasteiger partial charge in [-0.1, -0.05) is 0 Å². The van der Waals surface area contributed by atoms with E-state index in [0.717, 1.165) is 0 Å². The fourth-order valence-electron chi connectivity index (χ4n) is 0.230. The highest BCUT2D eigenvalue weighted by molar-refractivity contribution is 4.62. The Hall–Kier alpha value is -0.110. The summed E-state index contributed by atoms with van der Waals surface area (Å²) in [6, 6.07) is -0.0139. The molecule has 0 bridgehead atoms. The van der Waals surface area contributed by atoms with E-state index in [1.807, 2.05) is 6.92 Å². The van der Waals surface area contributed by atoms with E-state index in [9.17, 15) is 4.39 Å². The van der Waals surface area contributed by atoms with Crippen LogP contribution in [0.1, 0.15) is 13.8 Å². The molecular formula is C5H12FN. The highest BCUT2D eigenvalue weighted by atomic mass is 19.1. The van der Waals surface area contributed by atoms with E-state index < -0.39 is 6.17 Å². The zero-order chi connectivity index (χ0) is 5.86. The Balaban J connectivity index is 3.14. The van der Waals surface area contributed by atoms with Gasteiger partial charge in [-0.05, 0) is 20.9 Å². The lowest BCUT2D eigenvalue weighted by Crippen LogP contribution is -2.29. The van der Waals surface area contributed by atoms with Crippen LogP contribution in [0.25, 0.3) is 0 Å². The zero-order valence-corrected chi connectivity index (χ0v) is 5.03. The largest absolute Gasteiger partial charge is 0.314 e. The van der Waals surface area contributed by atoms with Crippen molar-refractivity contribution in [3.63, 3.8) is 0 Å². The summed E-state index contributed by atoms with van der Waals surface area (Å²) >= 11 is 0. The van der Waals surface area contributed by atoms with E-state index in [1.165, 1.54) is 0 Å². The van der Waals surface area contributed by atoms with E-state index in [2.05, 4.69) is 5.32 Å². The van der Waals surface area contributed by atoms with E-state index in [0.29, 0.717) is 0 Å². The van der Waals surface area contributed by atoms with Crippen LogP contribution in [0.5, 0.6) is 0 Å². The normalized spacial score (nSPS) is 18.9. The van der Waals surface area contributed by atoms with Crippen molar-refractivity contribution in [3.8, 4) is 0 Å². The van der Waals surface area contributed by atoms with Crippen LogP contribution in [0.3, 0.4) is 0 Å². The Morgan fingerprint density at radius 3 is 1.86 bits per heavy atom. The minimum atomic E-state index is -0.745. The third kappa shape index (κ3) is 2.57. The molecular weight excluding hydrogens is 93.1 g/mol. The van der Waals surface area contributed by atoms with Gasteiger partial charge in [-0.2, -0.15) is 0 Å². The molecule has 1 nitrogen and oxygen atoms in total. The third-order valence-corrected chi connectivity index (χ3v) is 1.14. The molecule has 0 spiro atoms. The summed E-state index contributed by atoms with van der Waals surface area (Å²) in [5.74, 6) is 0. The fraction of sp³-hybridized carbons (Fsp3) is 1.00. The number of halogens is 1. The molecule has 0 aromatic carbocycles. The van der Waals surface area contributed by atoms with Crippen molar-refractivity contribution < 1.29 is 4.39 Å². The molecule has 0 aliphatic carbocycles. The molecule has 7 heavy (non-hydrogen) atoms. The molecule has 0 aromatic rings. The predicted octanol–water partition coefficient (Wildman–Crippen LogP) is 0.952. The van der Waals surface area contributed by atoms with Crippen molar-refractivity contribution in [2.75, 3.05) is 7.05 Å². The van der Waals surface area contributed by atoms with Gasteiger partial charge in [0.1, 0.15) is 6.17 Å².